The molecule has 7 heteroatoms. The standard InChI is InChI=1S/C22H35N5O2/c1-27(2)14-17-5-8-23-13-19(17)16-3-4-20-18(11-16)21(26-25-20)22(28)24-12-15-6-9-29-10-7-15/h5,8,13,15-16,18,20-21,25-26H,3-4,6-7,9-12,14H2,1-2H3,(H,24,28). The molecule has 3 heterocycles. The molecule has 4 unspecified atom stereocenters. The van der Waals surface area contributed by atoms with Crippen LogP contribution < -0.4 is 16.2 Å². The van der Waals surface area contributed by atoms with Gasteiger partial charge < -0.3 is 15.0 Å². The molecule has 0 aromatic carbocycles. The van der Waals surface area contributed by atoms with Crippen LogP contribution in [0.5, 0.6) is 0 Å². The molecule has 0 spiro atoms. The molecule has 160 valence electrons. The van der Waals surface area contributed by atoms with Crippen molar-refractivity contribution >= 4 is 5.91 Å². The third-order valence-electron chi connectivity index (χ3n) is 6.81. The van der Waals surface area contributed by atoms with Gasteiger partial charge in [0.15, 0.2) is 0 Å². The van der Waals surface area contributed by atoms with Gasteiger partial charge in [-0.15, -0.1) is 0 Å². The number of ether oxygens (including phenoxy) is 1. The third kappa shape index (κ3) is 4.97. The molecular weight excluding hydrogens is 366 g/mol. The first kappa shape index (κ1) is 20.7. The highest BCUT2D eigenvalue weighted by molar-refractivity contribution is 5.82. The van der Waals surface area contributed by atoms with Gasteiger partial charge in [-0.25, -0.2) is 5.43 Å². The number of carbonyl (C=O) groups excluding carboxylic acids is 1. The second kappa shape index (κ2) is 9.51. The number of rotatable bonds is 6. The third-order valence-corrected chi connectivity index (χ3v) is 6.81. The summed E-state index contributed by atoms with van der Waals surface area (Å²) in [6.07, 6.45) is 9.26. The molecule has 1 amide bonds. The molecule has 3 aliphatic rings. The van der Waals surface area contributed by atoms with Crippen LogP contribution in [0.4, 0.5) is 0 Å². The Hall–Kier alpha value is -1.54. The monoisotopic (exact) mass is 401 g/mol. The van der Waals surface area contributed by atoms with Crippen LogP contribution in [0.2, 0.25) is 0 Å². The van der Waals surface area contributed by atoms with E-state index >= 15 is 0 Å². The van der Waals surface area contributed by atoms with Crippen molar-refractivity contribution in [2.45, 2.75) is 56.7 Å². The molecule has 1 aromatic rings. The molecule has 2 aliphatic heterocycles. The quantitative estimate of drug-likeness (QED) is 0.669. The molecule has 3 N–H and O–H groups in total. The Bertz CT molecular complexity index is 692. The van der Waals surface area contributed by atoms with Crippen molar-refractivity contribution in [1.82, 2.24) is 26.1 Å². The van der Waals surface area contributed by atoms with Gasteiger partial charge in [-0.2, -0.15) is 0 Å². The molecule has 1 aromatic heterocycles. The van der Waals surface area contributed by atoms with Crippen molar-refractivity contribution in [2.75, 3.05) is 33.9 Å². The van der Waals surface area contributed by atoms with Crippen molar-refractivity contribution < 1.29 is 9.53 Å². The van der Waals surface area contributed by atoms with Crippen LogP contribution in [-0.4, -0.2) is 61.7 Å². The number of pyridine rings is 1. The van der Waals surface area contributed by atoms with E-state index in [1.54, 1.807) is 0 Å². The van der Waals surface area contributed by atoms with E-state index in [1.165, 1.54) is 11.1 Å². The number of amides is 1. The molecule has 0 radical (unpaired) electrons. The largest absolute Gasteiger partial charge is 0.381 e. The molecule has 4 rings (SSSR count). The van der Waals surface area contributed by atoms with Crippen LogP contribution in [0.1, 0.15) is 49.1 Å². The highest BCUT2D eigenvalue weighted by atomic mass is 16.5. The summed E-state index contributed by atoms with van der Waals surface area (Å²) in [4.78, 5) is 19.5. The highest BCUT2D eigenvalue weighted by Gasteiger charge is 2.44. The summed E-state index contributed by atoms with van der Waals surface area (Å²) in [7, 11) is 4.20. The zero-order valence-corrected chi connectivity index (χ0v) is 17.7. The first-order valence-corrected chi connectivity index (χ1v) is 11.1. The fourth-order valence-electron chi connectivity index (χ4n) is 5.19. The molecule has 4 atom stereocenters. The lowest BCUT2D eigenvalue weighted by molar-refractivity contribution is -0.124. The zero-order chi connectivity index (χ0) is 20.2. The van der Waals surface area contributed by atoms with E-state index in [2.05, 4.69) is 46.2 Å². The van der Waals surface area contributed by atoms with E-state index in [-0.39, 0.29) is 11.9 Å². The number of aromatic nitrogens is 1. The Morgan fingerprint density at radius 1 is 1.24 bits per heavy atom. The van der Waals surface area contributed by atoms with Crippen molar-refractivity contribution in [2.24, 2.45) is 11.8 Å². The fraction of sp³-hybridized carbons (Fsp3) is 0.727. The number of nitrogens with zero attached hydrogens (tertiary/aromatic N) is 2. The van der Waals surface area contributed by atoms with E-state index in [1.807, 2.05) is 12.4 Å². The number of nitrogens with one attached hydrogen (secondary N) is 3. The summed E-state index contributed by atoms with van der Waals surface area (Å²) in [6, 6.07) is 2.36. The minimum absolute atomic E-state index is 0.136. The van der Waals surface area contributed by atoms with Gasteiger partial charge >= 0.3 is 0 Å². The maximum Gasteiger partial charge on any atom is 0.238 e. The Labute approximate surface area is 173 Å². The zero-order valence-electron chi connectivity index (χ0n) is 17.7. The summed E-state index contributed by atoms with van der Waals surface area (Å²) >= 11 is 0. The molecule has 7 nitrogen and oxygen atoms in total. The summed E-state index contributed by atoms with van der Waals surface area (Å²) in [5.74, 6) is 1.46. The van der Waals surface area contributed by atoms with Crippen molar-refractivity contribution in [3.63, 3.8) is 0 Å². The van der Waals surface area contributed by atoms with Gasteiger partial charge in [0.25, 0.3) is 0 Å². The number of carbonyl (C=O) groups is 1. The van der Waals surface area contributed by atoms with Gasteiger partial charge in [0.1, 0.15) is 6.04 Å². The topological polar surface area (TPSA) is 78.5 Å². The van der Waals surface area contributed by atoms with E-state index in [0.29, 0.717) is 23.8 Å². The SMILES string of the molecule is CN(C)Cc1ccncc1C1CCC2NNC(C(=O)NCC3CCOCC3)C2C1. The van der Waals surface area contributed by atoms with E-state index in [0.717, 1.165) is 58.4 Å². The van der Waals surface area contributed by atoms with E-state index in [9.17, 15) is 4.79 Å². The Balaban J connectivity index is 1.39. The highest BCUT2D eigenvalue weighted by Crippen LogP contribution is 2.40. The average molecular weight is 402 g/mol. The Morgan fingerprint density at radius 3 is 2.86 bits per heavy atom. The average Bonchev–Trinajstić information content (AvgIpc) is 3.16. The van der Waals surface area contributed by atoms with Gasteiger partial charge in [0.05, 0.1) is 0 Å². The van der Waals surface area contributed by atoms with Crippen LogP contribution in [-0.2, 0) is 16.1 Å². The second-order valence-electron chi connectivity index (χ2n) is 9.16. The number of hydrogen-bond donors (Lipinski definition) is 3. The molecular formula is C22H35N5O2. The van der Waals surface area contributed by atoms with E-state index < -0.39 is 0 Å². The maximum atomic E-state index is 12.9. The lowest BCUT2D eigenvalue weighted by atomic mass is 9.73. The minimum atomic E-state index is -0.156. The summed E-state index contributed by atoms with van der Waals surface area (Å²) in [5, 5.41) is 3.20. The van der Waals surface area contributed by atoms with Gasteiger partial charge in [-0.3, -0.25) is 15.2 Å². The van der Waals surface area contributed by atoms with Crippen LogP contribution >= 0.6 is 0 Å². The molecule has 3 fully saturated rings. The minimum Gasteiger partial charge on any atom is -0.381 e. The normalized spacial score (nSPS) is 30.3. The second-order valence-corrected chi connectivity index (χ2v) is 9.16. The molecule has 1 saturated carbocycles. The molecule has 2 saturated heterocycles. The van der Waals surface area contributed by atoms with Crippen LogP contribution in [0.15, 0.2) is 18.5 Å². The summed E-state index contributed by atoms with van der Waals surface area (Å²) < 4.78 is 5.42. The lowest BCUT2D eigenvalue weighted by Gasteiger charge is -2.34. The first-order valence-electron chi connectivity index (χ1n) is 11.1. The van der Waals surface area contributed by atoms with Gasteiger partial charge in [-0.1, -0.05) is 0 Å². The molecule has 29 heavy (non-hydrogen) atoms. The van der Waals surface area contributed by atoms with Crippen molar-refractivity contribution in [3.05, 3.63) is 29.6 Å². The van der Waals surface area contributed by atoms with Crippen molar-refractivity contribution in [1.29, 1.82) is 0 Å². The molecule has 1 aliphatic carbocycles. The van der Waals surface area contributed by atoms with E-state index in [4.69, 9.17) is 4.74 Å². The van der Waals surface area contributed by atoms with Crippen LogP contribution in [0, 0.1) is 11.8 Å². The Morgan fingerprint density at radius 2 is 2.07 bits per heavy atom. The van der Waals surface area contributed by atoms with Crippen molar-refractivity contribution in [3.8, 4) is 0 Å². The number of hydrazine groups is 1. The summed E-state index contributed by atoms with van der Waals surface area (Å²) in [5.41, 5.74) is 9.40. The van der Waals surface area contributed by atoms with Gasteiger partial charge in [0.2, 0.25) is 5.91 Å². The fourth-order valence-corrected chi connectivity index (χ4v) is 5.19. The first-order chi connectivity index (χ1) is 14.1. The van der Waals surface area contributed by atoms with Crippen LogP contribution in [0.25, 0.3) is 0 Å². The predicted molar refractivity (Wildman–Crippen MR) is 112 cm³/mol. The number of hydrogen-bond acceptors (Lipinski definition) is 6. The summed E-state index contributed by atoms with van der Waals surface area (Å²) in [6.45, 7) is 3.32. The lowest BCUT2D eigenvalue weighted by Crippen LogP contribution is -2.47. The predicted octanol–water partition coefficient (Wildman–Crippen LogP) is 1.41. The van der Waals surface area contributed by atoms with Gasteiger partial charge in [0, 0.05) is 50.7 Å². The Kier molecular flexibility index (Phi) is 6.80. The maximum absolute atomic E-state index is 12.9. The smallest absolute Gasteiger partial charge is 0.238 e. The van der Waals surface area contributed by atoms with Gasteiger partial charge in [-0.05, 0) is 75.2 Å². The number of fused-ring (bicyclic) bond motifs is 1. The molecule has 0 bridgehead atoms. The van der Waals surface area contributed by atoms with Crippen LogP contribution in [0.3, 0.4) is 0 Å².